The second-order valence-corrected chi connectivity index (χ2v) is 5.02. The van der Waals surface area contributed by atoms with Crippen LogP contribution in [0.3, 0.4) is 0 Å². The molecule has 0 spiro atoms. The summed E-state index contributed by atoms with van der Waals surface area (Å²) in [7, 11) is 0. The van der Waals surface area contributed by atoms with Crippen molar-refractivity contribution in [1.82, 2.24) is 10.6 Å². The van der Waals surface area contributed by atoms with Crippen LogP contribution in [0.1, 0.15) is 26.2 Å². The molecule has 2 saturated heterocycles. The van der Waals surface area contributed by atoms with Crippen molar-refractivity contribution in [2.24, 2.45) is 4.99 Å². The lowest BCUT2D eigenvalue weighted by molar-refractivity contribution is -0.119. The average molecular weight is 227 g/mol. The van der Waals surface area contributed by atoms with E-state index >= 15 is 0 Å². The number of amides is 1. The first-order valence-corrected chi connectivity index (χ1v) is 6.49. The van der Waals surface area contributed by atoms with Crippen LogP contribution in [0.5, 0.6) is 0 Å². The molecule has 2 unspecified atom stereocenters. The van der Waals surface area contributed by atoms with Crippen molar-refractivity contribution in [2.45, 2.75) is 38.3 Å². The highest BCUT2D eigenvalue weighted by Crippen LogP contribution is 2.16. The van der Waals surface area contributed by atoms with Crippen LogP contribution < -0.4 is 10.6 Å². The van der Waals surface area contributed by atoms with Gasteiger partial charge in [0.1, 0.15) is 0 Å². The molecule has 2 atom stereocenters. The molecule has 15 heavy (non-hydrogen) atoms. The molecule has 84 valence electrons. The Morgan fingerprint density at radius 2 is 2.33 bits per heavy atom. The third-order valence-corrected chi connectivity index (χ3v) is 3.87. The van der Waals surface area contributed by atoms with Crippen molar-refractivity contribution in [3.8, 4) is 0 Å². The van der Waals surface area contributed by atoms with E-state index in [0.29, 0.717) is 12.5 Å². The molecule has 2 N–H and O–H groups in total. The minimum absolute atomic E-state index is 0.165. The van der Waals surface area contributed by atoms with Gasteiger partial charge in [-0.3, -0.25) is 9.79 Å². The number of carbonyl (C=O) groups is 1. The van der Waals surface area contributed by atoms with Crippen LogP contribution >= 0.6 is 11.8 Å². The summed E-state index contributed by atoms with van der Waals surface area (Å²) in [5.41, 5.74) is 0. The Balaban J connectivity index is 1.77. The second kappa shape index (κ2) is 4.88. The Bertz CT molecular complexity index is 280. The Labute approximate surface area is 94.3 Å². The number of hydrogen-bond acceptors (Lipinski definition) is 3. The van der Waals surface area contributed by atoms with Gasteiger partial charge >= 0.3 is 0 Å². The fraction of sp³-hybridized carbons (Fsp3) is 0.800. The van der Waals surface area contributed by atoms with E-state index in [9.17, 15) is 4.79 Å². The normalized spacial score (nSPS) is 33.1. The quantitative estimate of drug-likeness (QED) is 0.747. The fourth-order valence-corrected chi connectivity index (χ4v) is 2.85. The van der Waals surface area contributed by atoms with Crippen molar-refractivity contribution in [1.29, 1.82) is 0 Å². The van der Waals surface area contributed by atoms with Gasteiger partial charge in [0.2, 0.25) is 5.91 Å². The predicted molar refractivity (Wildman–Crippen MR) is 63.1 cm³/mol. The van der Waals surface area contributed by atoms with Crippen LogP contribution in [0, 0.1) is 0 Å². The third-order valence-electron chi connectivity index (χ3n) is 2.78. The van der Waals surface area contributed by atoms with Gasteiger partial charge in [0.05, 0.1) is 6.54 Å². The topological polar surface area (TPSA) is 53.5 Å². The highest BCUT2D eigenvalue weighted by Gasteiger charge is 2.22. The molecular formula is C10H17N3OS. The number of carbonyl (C=O) groups excluding carboxylic acids is 1. The second-order valence-electron chi connectivity index (χ2n) is 4.01. The largest absolute Gasteiger partial charge is 0.361 e. The summed E-state index contributed by atoms with van der Waals surface area (Å²) in [5, 5.41) is 7.34. The minimum Gasteiger partial charge on any atom is -0.361 e. The Morgan fingerprint density at radius 1 is 1.47 bits per heavy atom. The molecule has 0 radical (unpaired) electrons. The van der Waals surface area contributed by atoms with Crippen molar-refractivity contribution >= 4 is 22.8 Å². The minimum atomic E-state index is 0.165. The smallest absolute Gasteiger partial charge is 0.220 e. The number of nitrogens with one attached hydrogen (secondary N) is 2. The molecule has 0 aromatic heterocycles. The van der Waals surface area contributed by atoms with Gasteiger partial charge in [-0.2, -0.15) is 0 Å². The summed E-state index contributed by atoms with van der Waals surface area (Å²) in [6, 6.07) is 0.833. The standard InChI is InChI=1S/C10H17N3OS/c1-2-7-6-15-10(13-7)11-5-8-3-4-9(14)12-8/h7-8H,2-6H2,1H3,(H,11,13)(H,12,14). The van der Waals surface area contributed by atoms with Crippen molar-refractivity contribution < 1.29 is 4.79 Å². The molecule has 0 saturated carbocycles. The van der Waals surface area contributed by atoms with Crippen LogP contribution in [-0.4, -0.2) is 35.5 Å². The lowest BCUT2D eigenvalue weighted by Gasteiger charge is -2.07. The lowest BCUT2D eigenvalue weighted by atomic mass is 10.2. The summed E-state index contributed by atoms with van der Waals surface area (Å²) in [6.45, 7) is 2.90. The molecule has 0 bridgehead atoms. The van der Waals surface area contributed by atoms with E-state index in [0.717, 1.165) is 30.3 Å². The van der Waals surface area contributed by atoms with Gasteiger partial charge in [-0.15, -0.1) is 0 Å². The number of amidine groups is 1. The zero-order chi connectivity index (χ0) is 10.7. The molecule has 0 aromatic rings. The van der Waals surface area contributed by atoms with Crippen LogP contribution in [0.4, 0.5) is 0 Å². The van der Waals surface area contributed by atoms with E-state index in [4.69, 9.17) is 0 Å². The van der Waals surface area contributed by atoms with Crippen molar-refractivity contribution in [2.75, 3.05) is 12.3 Å². The molecule has 2 rings (SSSR count). The molecule has 1 amide bonds. The molecule has 2 aliphatic rings. The molecule has 2 fully saturated rings. The molecule has 2 heterocycles. The fourth-order valence-electron chi connectivity index (χ4n) is 1.76. The van der Waals surface area contributed by atoms with Crippen LogP contribution in [0.25, 0.3) is 0 Å². The maximum atomic E-state index is 11.0. The molecule has 2 aliphatic heterocycles. The monoisotopic (exact) mass is 227 g/mol. The number of hydrogen-bond donors (Lipinski definition) is 2. The van der Waals surface area contributed by atoms with Gasteiger partial charge in [-0.1, -0.05) is 18.7 Å². The predicted octanol–water partition coefficient (Wildman–Crippen LogP) is 0.736. The lowest BCUT2D eigenvalue weighted by Crippen LogP contribution is -2.30. The first-order chi connectivity index (χ1) is 7.28. The highest BCUT2D eigenvalue weighted by atomic mass is 32.2. The summed E-state index contributed by atoms with van der Waals surface area (Å²) in [4.78, 5) is 15.5. The highest BCUT2D eigenvalue weighted by molar-refractivity contribution is 8.14. The van der Waals surface area contributed by atoms with Crippen molar-refractivity contribution in [3.05, 3.63) is 0 Å². The van der Waals surface area contributed by atoms with E-state index in [2.05, 4.69) is 22.5 Å². The summed E-state index contributed by atoms with van der Waals surface area (Å²) >= 11 is 1.79. The van der Waals surface area contributed by atoms with E-state index in [1.54, 1.807) is 11.8 Å². The van der Waals surface area contributed by atoms with E-state index in [1.807, 2.05) is 0 Å². The summed E-state index contributed by atoms with van der Waals surface area (Å²) in [5.74, 6) is 1.28. The SMILES string of the molecule is CCC1CSC(=NCC2CCC(=O)N2)N1. The molecule has 5 heteroatoms. The van der Waals surface area contributed by atoms with Crippen LogP contribution in [0.15, 0.2) is 4.99 Å². The third kappa shape index (κ3) is 2.87. The van der Waals surface area contributed by atoms with Gasteiger partial charge in [0.15, 0.2) is 5.17 Å². The summed E-state index contributed by atoms with van der Waals surface area (Å²) < 4.78 is 0. The first-order valence-electron chi connectivity index (χ1n) is 5.51. The molecule has 0 aromatic carbocycles. The van der Waals surface area contributed by atoms with Gasteiger partial charge in [-0.05, 0) is 12.8 Å². The molecular weight excluding hydrogens is 210 g/mol. The number of aliphatic imine (C=N–C) groups is 1. The maximum absolute atomic E-state index is 11.0. The van der Waals surface area contributed by atoms with Crippen LogP contribution in [0.2, 0.25) is 0 Å². The van der Waals surface area contributed by atoms with Gasteiger partial charge in [0.25, 0.3) is 0 Å². The Kier molecular flexibility index (Phi) is 3.51. The number of thioether (sulfide) groups is 1. The zero-order valence-electron chi connectivity index (χ0n) is 8.95. The Hall–Kier alpha value is -0.710. The van der Waals surface area contributed by atoms with E-state index in [-0.39, 0.29) is 11.9 Å². The summed E-state index contributed by atoms with van der Waals surface area (Å²) in [6.07, 6.45) is 2.73. The molecule has 0 aliphatic carbocycles. The van der Waals surface area contributed by atoms with Gasteiger partial charge < -0.3 is 10.6 Å². The number of nitrogens with zero attached hydrogens (tertiary/aromatic N) is 1. The van der Waals surface area contributed by atoms with Crippen molar-refractivity contribution in [3.63, 3.8) is 0 Å². The average Bonchev–Trinajstić information content (AvgIpc) is 2.83. The van der Waals surface area contributed by atoms with E-state index in [1.165, 1.54) is 0 Å². The molecule has 4 nitrogen and oxygen atoms in total. The van der Waals surface area contributed by atoms with E-state index < -0.39 is 0 Å². The van der Waals surface area contributed by atoms with Crippen LogP contribution in [-0.2, 0) is 4.79 Å². The van der Waals surface area contributed by atoms with Gasteiger partial charge in [0, 0.05) is 24.3 Å². The maximum Gasteiger partial charge on any atom is 0.220 e. The Morgan fingerprint density at radius 3 is 2.93 bits per heavy atom. The zero-order valence-corrected chi connectivity index (χ0v) is 9.77. The van der Waals surface area contributed by atoms with Gasteiger partial charge in [-0.25, -0.2) is 0 Å². The number of rotatable bonds is 3. The first kappa shape index (κ1) is 10.8.